The van der Waals surface area contributed by atoms with Crippen LogP contribution in [0.25, 0.3) is 5.69 Å². The summed E-state index contributed by atoms with van der Waals surface area (Å²) in [5, 5.41) is 13.3. The summed E-state index contributed by atoms with van der Waals surface area (Å²) in [6, 6.07) is 3.65. The number of aromatic nitrogens is 3. The third-order valence-electron chi connectivity index (χ3n) is 2.91. The van der Waals surface area contributed by atoms with E-state index in [1.807, 2.05) is 12.1 Å². The number of carbonyl (C=O) groups is 1. The highest BCUT2D eigenvalue weighted by Gasteiger charge is 2.32. The van der Waals surface area contributed by atoms with Gasteiger partial charge in [0, 0.05) is 18.3 Å². The summed E-state index contributed by atoms with van der Waals surface area (Å²) in [5.41, 5.74) is 1.97. The molecule has 1 saturated carbocycles. The van der Waals surface area contributed by atoms with Crippen LogP contribution in [0.1, 0.15) is 34.8 Å². The van der Waals surface area contributed by atoms with E-state index in [9.17, 15) is 4.79 Å². The minimum absolute atomic E-state index is 0.310. The number of hydrogen-bond acceptors (Lipinski definition) is 3. The number of rotatable bonds is 3. The van der Waals surface area contributed by atoms with Crippen molar-refractivity contribution in [2.24, 2.45) is 0 Å². The quantitative estimate of drug-likeness (QED) is 0.872. The zero-order valence-electron chi connectivity index (χ0n) is 9.08. The van der Waals surface area contributed by atoms with Gasteiger partial charge in [-0.25, -0.2) is 9.48 Å². The number of nitrogens with zero attached hydrogens (tertiary/aromatic N) is 3. The molecule has 1 aliphatic rings. The molecule has 3 rings (SSSR count). The van der Waals surface area contributed by atoms with Gasteiger partial charge in [0.05, 0.1) is 17.6 Å². The molecule has 1 fully saturated rings. The zero-order valence-corrected chi connectivity index (χ0v) is 9.08. The van der Waals surface area contributed by atoms with Crippen LogP contribution in [0, 0.1) is 0 Å². The molecule has 17 heavy (non-hydrogen) atoms. The molecule has 2 aromatic heterocycles. The van der Waals surface area contributed by atoms with Crippen LogP contribution in [0.5, 0.6) is 0 Å². The van der Waals surface area contributed by atoms with E-state index in [-0.39, 0.29) is 0 Å². The van der Waals surface area contributed by atoms with Gasteiger partial charge in [0.15, 0.2) is 0 Å². The smallest absolute Gasteiger partial charge is 0.339 e. The Hall–Kier alpha value is -2.17. The van der Waals surface area contributed by atoms with E-state index in [4.69, 9.17) is 5.11 Å². The van der Waals surface area contributed by atoms with Crippen LogP contribution in [0.2, 0.25) is 0 Å². The Labute approximate surface area is 97.7 Å². The molecule has 0 amide bonds. The first-order valence-corrected chi connectivity index (χ1v) is 5.49. The lowest BCUT2D eigenvalue weighted by Crippen LogP contribution is -2.05. The molecular weight excluding hydrogens is 218 g/mol. The monoisotopic (exact) mass is 229 g/mol. The van der Waals surface area contributed by atoms with Gasteiger partial charge < -0.3 is 5.11 Å². The predicted molar refractivity (Wildman–Crippen MR) is 60.3 cm³/mol. The highest BCUT2D eigenvalue weighted by Crippen LogP contribution is 2.42. The van der Waals surface area contributed by atoms with Crippen molar-refractivity contribution < 1.29 is 9.90 Å². The first kappa shape index (κ1) is 10.0. The average molecular weight is 229 g/mol. The first-order chi connectivity index (χ1) is 8.27. The highest BCUT2D eigenvalue weighted by atomic mass is 16.4. The van der Waals surface area contributed by atoms with Gasteiger partial charge in [0.2, 0.25) is 0 Å². The maximum Gasteiger partial charge on any atom is 0.339 e. The molecule has 5 nitrogen and oxygen atoms in total. The molecule has 1 aliphatic carbocycles. The van der Waals surface area contributed by atoms with Crippen LogP contribution in [-0.4, -0.2) is 25.8 Å². The molecule has 0 atom stereocenters. The van der Waals surface area contributed by atoms with Gasteiger partial charge in [-0.15, -0.1) is 0 Å². The summed E-state index contributed by atoms with van der Waals surface area (Å²) >= 11 is 0. The fraction of sp³-hybridized carbons (Fsp3) is 0.250. The molecule has 5 heteroatoms. The molecule has 0 spiro atoms. The minimum Gasteiger partial charge on any atom is -0.478 e. The number of carboxylic acid groups (broad SMARTS) is 1. The Kier molecular flexibility index (Phi) is 2.18. The standard InChI is InChI=1S/C12H11N3O2/c16-12(17)10-7-14-15(11(10)8-1-2-8)9-3-5-13-6-4-9/h3-8H,1-2H2,(H,16,17). The van der Waals surface area contributed by atoms with E-state index < -0.39 is 5.97 Å². The molecule has 0 radical (unpaired) electrons. The van der Waals surface area contributed by atoms with Crippen molar-refractivity contribution in [3.63, 3.8) is 0 Å². The summed E-state index contributed by atoms with van der Waals surface area (Å²) in [6.45, 7) is 0. The number of pyridine rings is 1. The molecule has 0 aromatic carbocycles. The summed E-state index contributed by atoms with van der Waals surface area (Å²) in [6.07, 6.45) is 6.85. The summed E-state index contributed by atoms with van der Waals surface area (Å²) in [4.78, 5) is 15.1. The predicted octanol–water partition coefficient (Wildman–Crippen LogP) is 1.84. The van der Waals surface area contributed by atoms with E-state index in [0.29, 0.717) is 11.5 Å². The number of carboxylic acids is 1. The van der Waals surface area contributed by atoms with E-state index >= 15 is 0 Å². The van der Waals surface area contributed by atoms with Crippen molar-refractivity contribution in [2.45, 2.75) is 18.8 Å². The van der Waals surface area contributed by atoms with Crippen molar-refractivity contribution in [2.75, 3.05) is 0 Å². The fourth-order valence-electron chi connectivity index (χ4n) is 1.96. The van der Waals surface area contributed by atoms with E-state index in [2.05, 4.69) is 10.1 Å². The van der Waals surface area contributed by atoms with Gasteiger partial charge in [-0.2, -0.15) is 5.10 Å². The van der Waals surface area contributed by atoms with Gasteiger partial charge in [-0.05, 0) is 25.0 Å². The van der Waals surface area contributed by atoms with Crippen molar-refractivity contribution in [3.05, 3.63) is 42.0 Å². The second-order valence-corrected chi connectivity index (χ2v) is 4.14. The largest absolute Gasteiger partial charge is 0.478 e. The Bertz CT molecular complexity index is 558. The second-order valence-electron chi connectivity index (χ2n) is 4.14. The Morgan fingerprint density at radius 3 is 2.65 bits per heavy atom. The highest BCUT2D eigenvalue weighted by molar-refractivity contribution is 5.89. The lowest BCUT2D eigenvalue weighted by molar-refractivity contribution is 0.0695. The zero-order chi connectivity index (χ0) is 11.8. The molecule has 1 N–H and O–H groups in total. The number of aromatic carboxylic acids is 1. The van der Waals surface area contributed by atoms with Crippen LogP contribution < -0.4 is 0 Å². The molecular formula is C12H11N3O2. The van der Waals surface area contributed by atoms with Crippen LogP contribution in [0.3, 0.4) is 0 Å². The van der Waals surface area contributed by atoms with Gasteiger partial charge in [-0.1, -0.05) is 0 Å². The van der Waals surface area contributed by atoms with Gasteiger partial charge in [-0.3, -0.25) is 4.98 Å². The lowest BCUT2D eigenvalue weighted by Gasteiger charge is -2.06. The molecule has 2 heterocycles. The fourth-order valence-corrected chi connectivity index (χ4v) is 1.96. The molecule has 86 valence electrons. The van der Waals surface area contributed by atoms with Crippen molar-refractivity contribution in [3.8, 4) is 5.69 Å². The second kappa shape index (κ2) is 3.69. The maximum absolute atomic E-state index is 11.1. The Balaban J connectivity index is 2.14. The van der Waals surface area contributed by atoms with Crippen LogP contribution in [0.15, 0.2) is 30.7 Å². The van der Waals surface area contributed by atoms with Crippen molar-refractivity contribution in [1.29, 1.82) is 0 Å². The van der Waals surface area contributed by atoms with Crippen molar-refractivity contribution in [1.82, 2.24) is 14.8 Å². The van der Waals surface area contributed by atoms with Crippen LogP contribution in [-0.2, 0) is 0 Å². The van der Waals surface area contributed by atoms with E-state index in [1.54, 1.807) is 17.1 Å². The van der Waals surface area contributed by atoms with E-state index in [0.717, 1.165) is 24.2 Å². The van der Waals surface area contributed by atoms with Crippen LogP contribution in [0.4, 0.5) is 0 Å². The molecule has 0 bridgehead atoms. The van der Waals surface area contributed by atoms with Crippen LogP contribution >= 0.6 is 0 Å². The molecule has 2 aromatic rings. The average Bonchev–Trinajstić information content (AvgIpc) is 3.08. The number of hydrogen-bond donors (Lipinski definition) is 1. The SMILES string of the molecule is O=C(O)c1cnn(-c2ccncc2)c1C1CC1. The van der Waals surface area contributed by atoms with E-state index in [1.165, 1.54) is 6.20 Å². The summed E-state index contributed by atoms with van der Waals surface area (Å²) in [5.74, 6) is -0.580. The topological polar surface area (TPSA) is 68.0 Å². The third-order valence-corrected chi connectivity index (χ3v) is 2.91. The van der Waals surface area contributed by atoms with Gasteiger partial charge >= 0.3 is 5.97 Å². The lowest BCUT2D eigenvalue weighted by atomic mass is 10.2. The summed E-state index contributed by atoms with van der Waals surface area (Å²) in [7, 11) is 0. The molecule has 0 saturated heterocycles. The maximum atomic E-state index is 11.1. The first-order valence-electron chi connectivity index (χ1n) is 5.49. The third kappa shape index (κ3) is 1.69. The molecule has 0 unspecified atom stereocenters. The minimum atomic E-state index is -0.910. The Morgan fingerprint density at radius 1 is 1.35 bits per heavy atom. The molecule has 0 aliphatic heterocycles. The summed E-state index contributed by atoms with van der Waals surface area (Å²) < 4.78 is 1.71. The van der Waals surface area contributed by atoms with Gasteiger partial charge in [0.1, 0.15) is 5.56 Å². The normalized spacial score (nSPS) is 14.8. The van der Waals surface area contributed by atoms with Crippen molar-refractivity contribution >= 4 is 5.97 Å². The Morgan fingerprint density at radius 2 is 2.06 bits per heavy atom. The van der Waals surface area contributed by atoms with Gasteiger partial charge in [0.25, 0.3) is 0 Å².